The molecule has 7 heteroatoms. The van der Waals surface area contributed by atoms with Crippen molar-refractivity contribution in [1.29, 1.82) is 0 Å². The zero-order chi connectivity index (χ0) is 27.3. The lowest BCUT2D eigenvalue weighted by Crippen LogP contribution is -2.51. The number of carbonyl (C=O) groups excluding carboxylic acids is 2. The van der Waals surface area contributed by atoms with E-state index in [0.717, 1.165) is 42.3 Å². The fraction of sp³-hybridized carbons (Fsp3) is 0.600. The quantitative estimate of drug-likeness (QED) is 0.338. The number of alkyl halides is 1. The Kier molecular flexibility index (Phi) is 9.65. The van der Waals surface area contributed by atoms with Crippen LogP contribution in [-0.2, 0) is 24.2 Å². The van der Waals surface area contributed by atoms with Gasteiger partial charge in [-0.25, -0.2) is 8.78 Å². The number of nitrogens with zero attached hydrogens (tertiary/aromatic N) is 1. The molecule has 4 nitrogen and oxygen atoms in total. The minimum Gasteiger partial charge on any atom is -0.344 e. The molecular formula is C30H41F3N2O2. The molecule has 0 aliphatic carbocycles. The average Bonchev–Trinajstić information content (AvgIpc) is 2.97. The van der Waals surface area contributed by atoms with Gasteiger partial charge in [0.1, 0.15) is 0 Å². The van der Waals surface area contributed by atoms with Crippen LogP contribution in [0.4, 0.5) is 13.2 Å². The second-order valence-corrected chi connectivity index (χ2v) is 11.4. The van der Waals surface area contributed by atoms with E-state index in [-0.39, 0.29) is 17.6 Å². The number of Topliss-reactive ketones (excluding diaryl/α,β-unsaturated/α-hetero) is 1. The molecule has 0 bridgehead atoms. The highest BCUT2D eigenvalue weighted by Gasteiger charge is 2.37. The van der Waals surface area contributed by atoms with Crippen LogP contribution in [0.25, 0.3) is 11.3 Å². The third-order valence-electron chi connectivity index (χ3n) is 7.47. The van der Waals surface area contributed by atoms with Crippen LogP contribution in [0.1, 0.15) is 94.8 Å². The van der Waals surface area contributed by atoms with E-state index >= 15 is 0 Å². The molecule has 1 aromatic heterocycles. The highest BCUT2D eigenvalue weighted by Crippen LogP contribution is 2.36. The summed E-state index contributed by atoms with van der Waals surface area (Å²) >= 11 is 0. The first-order chi connectivity index (χ1) is 17.5. The lowest BCUT2D eigenvalue weighted by molar-refractivity contribution is -0.126. The Balaban J connectivity index is 2.05. The largest absolute Gasteiger partial charge is 0.344 e. The first kappa shape index (κ1) is 29.0. The van der Waals surface area contributed by atoms with Gasteiger partial charge in [-0.3, -0.25) is 14.0 Å². The third-order valence-corrected chi connectivity index (χ3v) is 7.47. The third kappa shape index (κ3) is 6.47. The molecule has 1 aliphatic rings. The smallest absolute Gasteiger partial charge is 0.254 e. The summed E-state index contributed by atoms with van der Waals surface area (Å²) in [5.74, 6) is -2.49. The lowest BCUT2D eigenvalue weighted by atomic mass is 9.79. The predicted octanol–water partition coefficient (Wildman–Crippen LogP) is 7.21. The van der Waals surface area contributed by atoms with Crippen LogP contribution >= 0.6 is 0 Å². The number of carbonyl (C=O) groups is 2. The van der Waals surface area contributed by atoms with E-state index in [9.17, 15) is 22.8 Å². The maximum atomic E-state index is 14.2. The number of nitrogens with one attached hydrogen (secondary N) is 1. The van der Waals surface area contributed by atoms with Gasteiger partial charge >= 0.3 is 0 Å². The number of hydrogen-bond acceptors (Lipinski definition) is 2. The van der Waals surface area contributed by atoms with Crippen molar-refractivity contribution < 1.29 is 22.8 Å². The second kappa shape index (κ2) is 12.3. The van der Waals surface area contributed by atoms with Gasteiger partial charge in [0.25, 0.3) is 5.91 Å². The molecule has 2 heterocycles. The molecule has 0 fully saturated rings. The van der Waals surface area contributed by atoms with Crippen molar-refractivity contribution in [2.24, 2.45) is 11.3 Å². The van der Waals surface area contributed by atoms with Crippen molar-refractivity contribution in [3.8, 4) is 11.3 Å². The number of unbranched alkanes of at least 4 members (excludes halogenated alkanes) is 1. The zero-order valence-electron chi connectivity index (χ0n) is 22.9. The zero-order valence-corrected chi connectivity index (χ0v) is 22.9. The van der Waals surface area contributed by atoms with Gasteiger partial charge in [0.2, 0.25) is 0 Å². The maximum absolute atomic E-state index is 14.2. The molecule has 2 unspecified atom stereocenters. The minimum atomic E-state index is -0.921. The highest BCUT2D eigenvalue weighted by atomic mass is 19.2. The Hall–Kier alpha value is -2.57. The summed E-state index contributed by atoms with van der Waals surface area (Å²) in [6.45, 7) is 9.87. The van der Waals surface area contributed by atoms with Crippen LogP contribution in [0.2, 0.25) is 0 Å². The van der Waals surface area contributed by atoms with Crippen LogP contribution < -0.4 is 5.32 Å². The summed E-state index contributed by atoms with van der Waals surface area (Å²) < 4.78 is 42.6. The minimum absolute atomic E-state index is 0.0520. The van der Waals surface area contributed by atoms with E-state index in [1.165, 1.54) is 6.07 Å². The normalized spacial score (nSPS) is 15.6. The molecular weight excluding hydrogens is 477 g/mol. The van der Waals surface area contributed by atoms with Gasteiger partial charge in [-0.15, -0.1) is 0 Å². The number of amides is 1. The van der Waals surface area contributed by atoms with E-state index in [1.54, 1.807) is 6.07 Å². The summed E-state index contributed by atoms with van der Waals surface area (Å²) in [6, 6.07) is 3.18. The molecule has 37 heavy (non-hydrogen) atoms. The van der Waals surface area contributed by atoms with Gasteiger partial charge in [-0.05, 0) is 67.7 Å². The fourth-order valence-electron chi connectivity index (χ4n) is 5.45. The van der Waals surface area contributed by atoms with Crippen LogP contribution in [-0.4, -0.2) is 29.0 Å². The molecule has 204 valence electrons. The standard InChI is InChI=1S/C30H41F3N2O2/c1-6-21-25(29(37)34-28(30(3,4)5)27(36)19(2)12-9-10-16-31)24-13-8-7-11-17-35(24)26(21)20-14-15-22(32)23(33)18-20/h14-15,18-19,28H,6-13,16-17H2,1-5H3,(H,34,37). The van der Waals surface area contributed by atoms with Crippen molar-refractivity contribution in [2.45, 2.75) is 98.6 Å². The molecule has 2 aromatic rings. The first-order valence-electron chi connectivity index (χ1n) is 13.6. The summed E-state index contributed by atoms with van der Waals surface area (Å²) in [5, 5.41) is 3.06. The molecule has 0 radical (unpaired) electrons. The van der Waals surface area contributed by atoms with Gasteiger partial charge in [0.05, 0.1) is 24.0 Å². The van der Waals surface area contributed by atoms with Gasteiger partial charge in [0, 0.05) is 23.7 Å². The van der Waals surface area contributed by atoms with Crippen molar-refractivity contribution in [1.82, 2.24) is 9.88 Å². The van der Waals surface area contributed by atoms with Crippen LogP contribution in [0.5, 0.6) is 0 Å². The number of ketones is 1. The Morgan fingerprint density at radius 2 is 1.81 bits per heavy atom. The number of benzene rings is 1. The Morgan fingerprint density at radius 1 is 1.08 bits per heavy atom. The Morgan fingerprint density at radius 3 is 2.43 bits per heavy atom. The molecule has 2 atom stereocenters. The van der Waals surface area contributed by atoms with Crippen molar-refractivity contribution >= 4 is 11.7 Å². The topological polar surface area (TPSA) is 51.1 Å². The fourth-order valence-corrected chi connectivity index (χ4v) is 5.45. The van der Waals surface area contributed by atoms with E-state index in [1.807, 2.05) is 34.6 Å². The Labute approximate surface area is 219 Å². The molecule has 0 saturated heterocycles. The molecule has 1 aliphatic heterocycles. The number of fused-ring (bicyclic) bond motifs is 1. The van der Waals surface area contributed by atoms with E-state index < -0.39 is 29.8 Å². The van der Waals surface area contributed by atoms with Gasteiger partial charge < -0.3 is 9.88 Å². The first-order valence-corrected chi connectivity index (χ1v) is 13.6. The lowest BCUT2D eigenvalue weighted by Gasteiger charge is -2.32. The molecule has 0 spiro atoms. The highest BCUT2D eigenvalue weighted by molar-refractivity contribution is 6.02. The van der Waals surface area contributed by atoms with Gasteiger partial charge in [-0.1, -0.05) is 47.5 Å². The van der Waals surface area contributed by atoms with E-state index in [0.29, 0.717) is 49.8 Å². The van der Waals surface area contributed by atoms with Gasteiger partial charge in [-0.2, -0.15) is 0 Å². The monoisotopic (exact) mass is 518 g/mol. The summed E-state index contributed by atoms with van der Waals surface area (Å²) in [7, 11) is 0. The van der Waals surface area contributed by atoms with Crippen LogP contribution in [0.3, 0.4) is 0 Å². The average molecular weight is 519 g/mol. The predicted molar refractivity (Wildman–Crippen MR) is 141 cm³/mol. The summed E-state index contributed by atoms with van der Waals surface area (Å²) in [5.41, 5.74) is 3.01. The van der Waals surface area contributed by atoms with Crippen LogP contribution in [0.15, 0.2) is 18.2 Å². The molecule has 3 rings (SSSR count). The number of rotatable bonds is 10. The number of hydrogen-bond donors (Lipinski definition) is 1. The SMILES string of the molecule is CCc1c(C(=O)NC(C(=O)C(C)CCCCF)C(C)(C)C)c2n(c1-c1ccc(F)c(F)c1)CCCCC2. The molecule has 0 saturated carbocycles. The molecule has 1 N–H and O–H groups in total. The van der Waals surface area contributed by atoms with Gasteiger partial charge in [0.15, 0.2) is 17.4 Å². The van der Waals surface area contributed by atoms with Crippen molar-refractivity contribution in [3.05, 3.63) is 46.7 Å². The number of halogens is 3. The number of aromatic nitrogens is 1. The second-order valence-electron chi connectivity index (χ2n) is 11.4. The van der Waals surface area contributed by atoms with E-state index in [4.69, 9.17) is 0 Å². The van der Waals surface area contributed by atoms with Crippen molar-refractivity contribution in [2.75, 3.05) is 6.67 Å². The molecule has 1 aromatic carbocycles. The Bertz CT molecular complexity index is 1120. The van der Waals surface area contributed by atoms with Crippen molar-refractivity contribution in [3.63, 3.8) is 0 Å². The maximum Gasteiger partial charge on any atom is 0.254 e. The molecule has 1 amide bonds. The van der Waals surface area contributed by atoms with Crippen LogP contribution in [0, 0.1) is 23.0 Å². The summed E-state index contributed by atoms with van der Waals surface area (Å²) in [4.78, 5) is 27.4. The van der Waals surface area contributed by atoms with E-state index in [2.05, 4.69) is 9.88 Å². The summed E-state index contributed by atoms with van der Waals surface area (Å²) in [6.07, 6.45) is 5.73.